The molecule has 0 spiro atoms. The van der Waals surface area contributed by atoms with Crippen molar-refractivity contribution in [2.45, 2.75) is 24.8 Å². The second-order valence-electron chi connectivity index (χ2n) is 3.97. The van der Waals surface area contributed by atoms with Crippen molar-refractivity contribution in [1.29, 1.82) is 0 Å². The van der Waals surface area contributed by atoms with E-state index in [4.69, 9.17) is 5.73 Å². The summed E-state index contributed by atoms with van der Waals surface area (Å²) in [4.78, 5) is 10.3. The molecule has 1 aromatic carbocycles. The maximum Gasteiger partial charge on any atom is 0.274 e. The van der Waals surface area contributed by atoms with E-state index in [0.717, 1.165) is 19.3 Å². The van der Waals surface area contributed by atoms with Crippen LogP contribution in [0.2, 0.25) is 0 Å². The molecule has 0 saturated heterocycles. The average Bonchev–Trinajstić information content (AvgIpc) is 2.13. The Labute approximate surface area is 86.7 Å². The van der Waals surface area contributed by atoms with Gasteiger partial charge in [0, 0.05) is 11.6 Å². The molecule has 80 valence electrons. The average molecular weight is 208 g/mol. The summed E-state index contributed by atoms with van der Waals surface area (Å²) in [5, 5.41) is 20.1. The quantitative estimate of drug-likeness (QED) is 0.571. The number of hydrogen-bond donors (Lipinski definition) is 2. The van der Waals surface area contributed by atoms with E-state index in [-0.39, 0.29) is 11.4 Å². The first-order valence-corrected chi connectivity index (χ1v) is 4.80. The van der Waals surface area contributed by atoms with Gasteiger partial charge in [0.25, 0.3) is 5.69 Å². The summed E-state index contributed by atoms with van der Waals surface area (Å²) in [6.07, 6.45) is 2.44. The molecular weight excluding hydrogens is 196 g/mol. The van der Waals surface area contributed by atoms with Gasteiger partial charge in [0.2, 0.25) is 0 Å². The molecule has 0 aromatic heterocycles. The Morgan fingerprint density at radius 1 is 1.47 bits per heavy atom. The van der Waals surface area contributed by atoms with Gasteiger partial charge in [-0.3, -0.25) is 10.1 Å². The Balaban J connectivity index is 2.52. The fourth-order valence-electron chi connectivity index (χ4n) is 1.91. The summed E-state index contributed by atoms with van der Waals surface area (Å²) in [6, 6.07) is 4.01. The van der Waals surface area contributed by atoms with Crippen LogP contribution in [0.3, 0.4) is 0 Å². The number of nitro benzene ring substituents is 1. The van der Waals surface area contributed by atoms with Gasteiger partial charge in [-0.2, -0.15) is 0 Å². The van der Waals surface area contributed by atoms with Crippen LogP contribution in [0.25, 0.3) is 0 Å². The number of phenolic OH excluding ortho intramolecular Hbond substituents is 1. The number of aromatic hydroxyl groups is 1. The Kier molecular flexibility index (Phi) is 2.12. The monoisotopic (exact) mass is 208 g/mol. The zero-order valence-corrected chi connectivity index (χ0v) is 8.14. The van der Waals surface area contributed by atoms with Gasteiger partial charge in [0.05, 0.1) is 10.5 Å². The van der Waals surface area contributed by atoms with E-state index >= 15 is 0 Å². The summed E-state index contributed by atoms with van der Waals surface area (Å²) < 4.78 is 0. The minimum atomic E-state index is -0.624. The maximum atomic E-state index is 10.8. The fraction of sp³-hybridized carbons (Fsp3) is 0.400. The van der Waals surface area contributed by atoms with Crippen LogP contribution in [0.4, 0.5) is 5.69 Å². The first-order chi connectivity index (χ1) is 7.03. The predicted molar refractivity (Wildman–Crippen MR) is 54.5 cm³/mol. The number of phenols is 1. The van der Waals surface area contributed by atoms with Crippen molar-refractivity contribution in [3.05, 3.63) is 33.9 Å². The minimum Gasteiger partial charge on any atom is -0.508 e. The lowest BCUT2D eigenvalue weighted by molar-refractivity contribution is -0.386. The first-order valence-electron chi connectivity index (χ1n) is 4.80. The van der Waals surface area contributed by atoms with Gasteiger partial charge >= 0.3 is 0 Å². The molecule has 1 fully saturated rings. The highest BCUT2D eigenvalue weighted by molar-refractivity contribution is 5.49. The smallest absolute Gasteiger partial charge is 0.274 e. The number of nitro groups is 1. The molecule has 0 heterocycles. The molecule has 5 nitrogen and oxygen atoms in total. The Hall–Kier alpha value is -1.62. The van der Waals surface area contributed by atoms with Crippen molar-refractivity contribution in [2.24, 2.45) is 5.73 Å². The zero-order chi connectivity index (χ0) is 11.1. The topological polar surface area (TPSA) is 89.4 Å². The Bertz CT molecular complexity index is 413. The predicted octanol–water partition coefficient (Wildman–Crippen LogP) is 1.64. The third-order valence-electron chi connectivity index (χ3n) is 2.96. The zero-order valence-electron chi connectivity index (χ0n) is 8.14. The number of nitrogens with two attached hydrogens (primary N) is 1. The molecular formula is C10H12N2O3. The minimum absolute atomic E-state index is 0.00463. The Morgan fingerprint density at radius 2 is 2.13 bits per heavy atom. The van der Waals surface area contributed by atoms with Crippen LogP contribution in [0.5, 0.6) is 5.75 Å². The summed E-state index contributed by atoms with van der Waals surface area (Å²) in [5.41, 5.74) is 5.83. The summed E-state index contributed by atoms with van der Waals surface area (Å²) in [6.45, 7) is 0. The van der Waals surface area contributed by atoms with Crippen molar-refractivity contribution in [1.82, 2.24) is 0 Å². The third-order valence-corrected chi connectivity index (χ3v) is 2.96. The molecule has 1 aliphatic rings. The number of rotatable bonds is 2. The second kappa shape index (κ2) is 3.20. The Morgan fingerprint density at radius 3 is 2.60 bits per heavy atom. The standard InChI is InChI=1S/C10H12N2O3/c11-10(4-1-5-10)8-6-7(13)2-3-9(8)12(14)15/h2-3,6,13H,1,4-5,11H2. The number of hydrogen-bond acceptors (Lipinski definition) is 4. The second-order valence-corrected chi connectivity index (χ2v) is 3.97. The van der Waals surface area contributed by atoms with E-state index in [9.17, 15) is 15.2 Å². The van der Waals surface area contributed by atoms with Gasteiger partial charge < -0.3 is 10.8 Å². The van der Waals surface area contributed by atoms with E-state index < -0.39 is 10.5 Å². The molecule has 0 atom stereocenters. The van der Waals surface area contributed by atoms with Crippen molar-refractivity contribution in [2.75, 3.05) is 0 Å². The van der Waals surface area contributed by atoms with E-state index in [1.807, 2.05) is 0 Å². The number of nitrogens with zero attached hydrogens (tertiary/aromatic N) is 1. The van der Waals surface area contributed by atoms with E-state index in [1.165, 1.54) is 18.2 Å². The molecule has 0 unspecified atom stereocenters. The molecule has 0 amide bonds. The summed E-state index contributed by atoms with van der Waals surface area (Å²) in [7, 11) is 0. The van der Waals surface area contributed by atoms with Crippen molar-refractivity contribution in [3.8, 4) is 5.75 Å². The normalized spacial score (nSPS) is 18.2. The molecule has 1 saturated carbocycles. The van der Waals surface area contributed by atoms with Gasteiger partial charge in [-0.1, -0.05) is 0 Å². The van der Waals surface area contributed by atoms with Gasteiger partial charge in [0.1, 0.15) is 5.75 Å². The van der Waals surface area contributed by atoms with Crippen LogP contribution in [-0.4, -0.2) is 10.0 Å². The molecule has 2 rings (SSSR count). The van der Waals surface area contributed by atoms with Crippen molar-refractivity contribution >= 4 is 5.69 Å². The van der Waals surface area contributed by atoms with Crippen LogP contribution in [0.15, 0.2) is 18.2 Å². The van der Waals surface area contributed by atoms with Crippen LogP contribution >= 0.6 is 0 Å². The third kappa shape index (κ3) is 1.55. The van der Waals surface area contributed by atoms with Gasteiger partial charge in [-0.05, 0) is 31.4 Å². The van der Waals surface area contributed by atoms with Gasteiger partial charge in [0.15, 0.2) is 0 Å². The molecule has 15 heavy (non-hydrogen) atoms. The molecule has 0 bridgehead atoms. The molecule has 5 heteroatoms. The molecule has 1 aliphatic carbocycles. The molecule has 0 aliphatic heterocycles. The van der Waals surface area contributed by atoms with Crippen LogP contribution in [0, 0.1) is 10.1 Å². The van der Waals surface area contributed by atoms with Crippen molar-refractivity contribution < 1.29 is 10.0 Å². The molecule has 3 N–H and O–H groups in total. The fourth-order valence-corrected chi connectivity index (χ4v) is 1.91. The van der Waals surface area contributed by atoms with Crippen LogP contribution in [-0.2, 0) is 5.54 Å². The van der Waals surface area contributed by atoms with Gasteiger partial charge in [-0.15, -0.1) is 0 Å². The van der Waals surface area contributed by atoms with Crippen molar-refractivity contribution in [3.63, 3.8) is 0 Å². The largest absolute Gasteiger partial charge is 0.508 e. The van der Waals surface area contributed by atoms with Gasteiger partial charge in [-0.25, -0.2) is 0 Å². The highest BCUT2D eigenvalue weighted by Gasteiger charge is 2.39. The lowest BCUT2D eigenvalue weighted by atomic mass is 9.72. The highest BCUT2D eigenvalue weighted by atomic mass is 16.6. The first kappa shape index (κ1) is 9.92. The lowest BCUT2D eigenvalue weighted by Gasteiger charge is -2.38. The summed E-state index contributed by atoms with van der Waals surface area (Å²) in [5.74, 6) is 0.0207. The molecule has 1 aromatic rings. The summed E-state index contributed by atoms with van der Waals surface area (Å²) >= 11 is 0. The highest BCUT2D eigenvalue weighted by Crippen LogP contribution is 2.43. The van der Waals surface area contributed by atoms with E-state index in [0.29, 0.717) is 5.56 Å². The van der Waals surface area contributed by atoms with E-state index in [2.05, 4.69) is 0 Å². The SMILES string of the molecule is NC1(c2cc(O)ccc2[N+](=O)[O-])CCC1. The molecule has 0 radical (unpaired) electrons. The maximum absolute atomic E-state index is 10.8. The van der Waals surface area contributed by atoms with Crippen LogP contribution < -0.4 is 5.73 Å². The number of benzene rings is 1. The lowest BCUT2D eigenvalue weighted by Crippen LogP contribution is -2.43. The van der Waals surface area contributed by atoms with Crippen LogP contribution in [0.1, 0.15) is 24.8 Å². The van der Waals surface area contributed by atoms with E-state index in [1.54, 1.807) is 0 Å².